The molecular formula is C23H23FN2O4S. The highest BCUT2D eigenvalue weighted by atomic mass is 32.2. The van der Waals surface area contributed by atoms with Crippen molar-refractivity contribution in [2.24, 2.45) is 0 Å². The topological polar surface area (TPSA) is 88.4 Å². The van der Waals surface area contributed by atoms with Crippen LogP contribution >= 0.6 is 0 Å². The molecule has 8 heteroatoms. The summed E-state index contributed by atoms with van der Waals surface area (Å²) in [7, 11) is -3.44. The Balaban J connectivity index is 1.51. The molecular weight excluding hydrogens is 419 g/mol. The first-order valence-corrected chi connectivity index (χ1v) is 11.3. The van der Waals surface area contributed by atoms with Crippen molar-refractivity contribution in [3.05, 3.63) is 90.5 Å². The highest BCUT2D eigenvalue weighted by Gasteiger charge is 2.12. The number of aryl methyl sites for hydroxylation is 1. The van der Waals surface area contributed by atoms with Crippen LogP contribution < -0.4 is 10.0 Å². The maximum atomic E-state index is 13.9. The smallest absolute Gasteiger partial charge is 0.224 e. The summed E-state index contributed by atoms with van der Waals surface area (Å²) >= 11 is 0. The molecule has 0 unspecified atom stereocenters. The van der Waals surface area contributed by atoms with Gasteiger partial charge in [0.15, 0.2) is 0 Å². The fraction of sp³-hybridized carbons (Fsp3) is 0.174. The number of anilines is 1. The summed E-state index contributed by atoms with van der Waals surface area (Å²) in [5.41, 5.74) is 1.54. The summed E-state index contributed by atoms with van der Waals surface area (Å²) in [6.07, 6.45) is 2.02. The van der Waals surface area contributed by atoms with Gasteiger partial charge in [0.2, 0.25) is 15.9 Å². The molecule has 6 nitrogen and oxygen atoms in total. The van der Waals surface area contributed by atoms with Gasteiger partial charge in [0.25, 0.3) is 0 Å². The first-order valence-electron chi connectivity index (χ1n) is 9.67. The average Bonchev–Trinajstić information content (AvgIpc) is 3.21. The van der Waals surface area contributed by atoms with Crippen LogP contribution in [0.25, 0.3) is 11.3 Å². The Morgan fingerprint density at radius 2 is 1.81 bits per heavy atom. The minimum absolute atomic E-state index is 0.155. The van der Waals surface area contributed by atoms with Crippen molar-refractivity contribution in [1.82, 2.24) is 4.72 Å². The number of carbonyl (C=O) groups is 1. The largest absolute Gasteiger partial charge is 0.461 e. The number of nitrogens with one attached hydrogen (secondary N) is 2. The molecule has 3 aromatic rings. The predicted octanol–water partition coefficient (Wildman–Crippen LogP) is 4.26. The minimum Gasteiger partial charge on any atom is -0.461 e. The van der Waals surface area contributed by atoms with Gasteiger partial charge >= 0.3 is 0 Å². The zero-order chi connectivity index (χ0) is 22.3. The molecule has 3 rings (SSSR count). The molecule has 0 aliphatic carbocycles. The third kappa shape index (κ3) is 6.63. The van der Waals surface area contributed by atoms with Gasteiger partial charge in [-0.05, 0) is 42.0 Å². The third-order valence-electron chi connectivity index (χ3n) is 4.44. The molecule has 2 aromatic carbocycles. The number of hydrogen-bond donors (Lipinski definition) is 2. The predicted molar refractivity (Wildman–Crippen MR) is 118 cm³/mol. The number of carbonyl (C=O) groups excluding carboxylic acids is 1. The van der Waals surface area contributed by atoms with E-state index in [0.717, 1.165) is 0 Å². The van der Waals surface area contributed by atoms with Gasteiger partial charge in [-0.3, -0.25) is 4.79 Å². The fourth-order valence-electron chi connectivity index (χ4n) is 2.92. The zero-order valence-electron chi connectivity index (χ0n) is 16.8. The molecule has 0 saturated heterocycles. The Hall–Kier alpha value is -3.23. The van der Waals surface area contributed by atoms with E-state index in [-0.39, 0.29) is 30.4 Å². The first-order chi connectivity index (χ1) is 14.9. The number of rotatable bonds is 10. The Bertz CT molecular complexity index is 1150. The minimum atomic E-state index is -3.44. The van der Waals surface area contributed by atoms with E-state index in [2.05, 4.69) is 16.6 Å². The Kier molecular flexibility index (Phi) is 7.38. The van der Waals surface area contributed by atoms with Crippen LogP contribution in [0.15, 0.2) is 77.7 Å². The van der Waals surface area contributed by atoms with Crippen molar-refractivity contribution in [1.29, 1.82) is 0 Å². The Labute approximate surface area is 180 Å². The zero-order valence-corrected chi connectivity index (χ0v) is 17.6. The molecule has 0 bridgehead atoms. The number of halogens is 1. The summed E-state index contributed by atoms with van der Waals surface area (Å²) in [5, 5.41) is 2.77. The standard InChI is InChI=1S/C23H23FN2O4S/c1-2-15-25-31(28,29)16-17-7-9-18(10-8-17)26-23(27)14-12-19-11-13-22(30-19)20-5-3-4-6-21(20)24/h2-11,13,25H,1,12,14-16H2,(H,26,27). The van der Waals surface area contributed by atoms with Crippen molar-refractivity contribution in [2.45, 2.75) is 18.6 Å². The van der Waals surface area contributed by atoms with E-state index in [9.17, 15) is 17.6 Å². The lowest BCUT2D eigenvalue weighted by atomic mass is 10.1. The molecule has 0 radical (unpaired) electrons. The van der Waals surface area contributed by atoms with Crippen molar-refractivity contribution in [3.8, 4) is 11.3 Å². The van der Waals surface area contributed by atoms with E-state index in [0.29, 0.717) is 34.8 Å². The lowest BCUT2D eigenvalue weighted by molar-refractivity contribution is -0.116. The molecule has 0 aliphatic rings. The lowest BCUT2D eigenvalue weighted by Gasteiger charge is -2.07. The second kappa shape index (κ2) is 10.2. The second-order valence-electron chi connectivity index (χ2n) is 6.89. The first kappa shape index (κ1) is 22.5. The molecule has 0 spiro atoms. The highest BCUT2D eigenvalue weighted by Crippen LogP contribution is 2.25. The molecule has 31 heavy (non-hydrogen) atoms. The van der Waals surface area contributed by atoms with Gasteiger partial charge in [-0.2, -0.15) is 0 Å². The lowest BCUT2D eigenvalue weighted by Crippen LogP contribution is -2.25. The molecule has 2 N–H and O–H groups in total. The van der Waals surface area contributed by atoms with Crippen molar-refractivity contribution >= 4 is 21.6 Å². The molecule has 0 aliphatic heterocycles. The molecule has 162 valence electrons. The van der Waals surface area contributed by atoms with E-state index >= 15 is 0 Å². The van der Waals surface area contributed by atoms with Gasteiger partial charge in [-0.25, -0.2) is 17.5 Å². The van der Waals surface area contributed by atoms with Gasteiger partial charge in [0.05, 0.1) is 11.3 Å². The van der Waals surface area contributed by atoms with E-state index in [1.165, 1.54) is 12.1 Å². The molecule has 1 amide bonds. The van der Waals surface area contributed by atoms with Gasteiger partial charge in [-0.15, -0.1) is 6.58 Å². The average molecular weight is 443 g/mol. The van der Waals surface area contributed by atoms with Crippen LogP contribution in [0.2, 0.25) is 0 Å². The van der Waals surface area contributed by atoms with Crippen LogP contribution in [-0.4, -0.2) is 20.9 Å². The summed E-state index contributed by atoms with van der Waals surface area (Å²) in [4.78, 5) is 12.2. The van der Waals surface area contributed by atoms with E-state index < -0.39 is 10.0 Å². The SMILES string of the molecule is C=CCNS(=O)(=O)Cc1ccc(NC(=O)CCc2ccc(-c3ccccc3F)o2)cc1. The van der Waals surface area contributed by atoms with Crippen molar-refractivity contribution in [2.75, 3.05) is 11.9 Å². The second-order valence-corrected chi connectivity index (χ2v) is 8.69. The van der Waals surface area contributed by atoms with Gasteiger partial charge in [-0.1, -0.05) is 30.3 Å². The van der Waals surface area contributed by atoms with Crippen molar-refractivity contribution < 1.29 is 22.0 Å². The fourth-order valence-corrected chi connectivity index (χ4v) is 4.02. The monoisotopic (exact) mass is 442 g/mol. The summed E-state index contributed by atoms with van der Waals surface area (Å²) in [6, 6.07) is 16.3. The summed E-state index contributed by atoms with van der Waals surface area (Å²) < 4.78 is 45.7. The number of amides is 1. The Morgan fingerprint density at radius 1 is 1.06 bits per heavy atom. The molecule has 0 atom stereocenters. The third-order valence-corrected chi connectivity index (χ3v) is 5.76. The molecule has 1 heterocycles. The maximum Gasteiger partial charge on any atom is 0.224 e. The molecule has 1 aromatic heterocycles. The highest BCUT2D eigenvalue weighted by molar-refractivity contribution is 7.88. The number of hydrogen-bond acceptors (Lipinski definition) is 4. The van der Waals surface area contributed by atoms with E-state index in [4.69, 9.17) is 4.42 Å². The van der Waals surface area contributed by atoms with Crippen LogP contribution in [0.3, 0.4) is 0 Å². The quantitative estimate of drug-likeness (QED) is 0.459. The van der Waals surface area contributed by atoms with Crippen molar-refractivity contribution in [3.63, 3.8) is 0 Å². The van der Waals surface area contributed by atoms with E-state index in [1.807, 2.05) is 0 Å². The van der Waals surface area contributed by atoms with Gasteiger partial charge < -0.3 is 9.73 Å². The van der Waals surface area contributed by atoms with Gasteiger partial charge in [0, 0.05) is 25.1 Å². The Morgan fingerprint density at radius 3 is 2.52 bits per heavy atom. The van der Waals surface area contributed by atoms with Crippen LogP contribution in [-0.2, 0) is 27.0 Å². The summed E-state index contributed by atoms with van der Waals surface area (Å²) in [6.45, 7) is 3.65. The van der Waals surface area contributed by atoms with Gasteiger partial charge in [0.1, 0.15) is 17.3 Å². The number of furan rings is 1. The normalized spacial score (nSPS) is 11.3. The summed E-state index contributed by atoms with van der Waals surface area (Å²) in [5.74, 6) is 0.270. The van der Waals surface area contributed by atoms with E-state index in [1.54, 1.807) is 54.6 Å². The number of benzene rings is 2. The van der Waals surface area contributed by atoms with Crippen LogP contribution in [0.5, 0.6) is 0 Å². The molecule has 0 fully saturated rings. The van der Waals surface area contributed by atoms with Crippen LogP contribution in [0.1, 0.15) is 17.7 Å². The van der Waals surface area contributed by atoms with Crippen LogP contribution in [0, 0.1) is 5.82 Å². The number of sulfonamides is 1. The maximum absolute atomic E-state index is 13.9. The van der Waals surface area contributed by atoms with Crippen LogP contribution in [0.4, 0.5) is 10.1 Å². The molecule has 0 saturated carbocycles.